The molecule has 5 heteroatoms. The molecule has 192 valence electrons. The number of esters is 1. The summed E-state index contributed by atoms with van der Waals surface area (Å²) in [5.74, 6) is 2.33. The van der Waals surface area contributed by atoms with Crippen molar-refractivity contribution in [2.75, 3.05) is 20.3 Å². The number of carbonyl (C=O) groups is 2. The molecule has 0 N–H and O–H groups in total. The van der Waals surface area contributed by atoms with Crippen molar-refractivity contribution in [2.24, 2.45) is 5.92 Å². The molecule has 0 aromatic carbocycles. The van der Waals surface area contributed by atoms with Crippen LogP contribution in [0, 0.1) is 18.3 Å². The van der Waals surface area contributed by atoms with Gasteiger partial charge in [0.2, 0.25) is 0 Å². The van der Waals surface area contributed by atoms with Gasteiger partial charge in [-0.1, -0.05) is 104 Å². The monoisotopic (exact) mass is 465 g/mol. The fourth-order valence-corrected chi connectivity index (χ4v) is 3.85. The van der Waals surface area contributed by atoms with Gasteiger partial charge in [-0.2, -0.15) is 0 Å². The first-order valence-corrected chi connectivity index (χ1v) is 13.4. The number of hydrogen-bond donors (Lipinski definition) is 0. The van der Waals surface area contributed by atoms with Gasteiger partial charge in [-0.3, -0.25) is 4.90 Å². The summed E-state index contributed by atoms with van der Waals surface area (Å²) >= 11 is 0. The van der Waals surface area contributed by atoms with Gasteiger partial charge in [-0.25, -0.2) is 9.59 Å². The van der Waals surface area contributed by atoms with E-state index in [-0.39, 0.29) is 18.5 Å². The molecule has 0 fully saturated rings. The van der Waals surface area contributed by atoms with Crippen LogP contribution in [0.25, 0.3) is 0 Å². The Morgan fingerprint density at radius 3 is 1.73 bits per heavy atom. The predicted molar refractivity (Wildman–Crippen MR) is 137 cm³/mol. The average molecular weight is 466 g/mol. The van der Waals surface area contributed by atoms with Gasteiger partial charge in [0, 0.05) is 13.5 Å². The Morgan fingerprint density at radius 1 is 0.788 bits per heavy atom. The highest BCUT2D eigenvalue weighted by Crippen LogP contribution is 2.15. The molecule has 0 bridgehead atoms. The number of likely N-dealkylation sites (N-methyl/N-ethyl adjacent to an activating group) is 1. The maximum absolute atomic E-state index is 12.6. The van der Waals surface area contributed by atoms with Crippen molar-refractivity contribution in [1.82, 2.24) is 4.90 Å². The van der Waals surface area contributed by atoms with Gasteiger partial charge in [0.25, 0.3) is 0 Å². The lowest BCUT2D eigenvalue weighted by atomic mass is 10.0. The molecule has 33 heavy (non-hydrogen) atoms. The lowest BCUT2D eigenvalue weighted by molar-refractivity contribution is -0.149. The van der Waals surface area contributed by atoms with Gasteiger partial charge < -0.3 is 9.47 Å². The van der Waals surface area contributed by atoms with Gasteiger partial charge in [-0.15, -0.1) is 12.3 Å². The number of carbonyl (C=O) groups excluding carboxylic acids is 2. The molecule has 0 aliphatic rings. The first kappa shape index (κ1) is 31.3. The number of unbranched alkanes of at least 4 members (excludes halogenated alkanes) is 13. The van der Waals surface area contributed by atoms with E-state index in [9.17, 15) is 9.59 Å². The standard InChI is InChI=1S/C28H51NO4/c1-6-8-10-11-12-13-14-15-16-17-18-19-20-21-23-32-27(30)26(24-25(3)4)29(5)28(31)33-22-9-7-2/h2,25-26H,6,8-24H2,1,3-5H3/t26-/m0/s1. The molecular formula is C28H51NO4. The molecule has 0 spiro atoms. The summed E-state index contributed by atoms with van der Waals surface area (Å²) in [6.45, 7) is 6.87. The number of nitrogens with zero attached hydrogens (tertiary/aromatic N) is 1. The van der Waals surface area contributed by atoms with E-state index in [1.54, 1.807) is 7.05 Å². The Bertz CT molecular complexity index is 526. The molecule has 0 unspecified atom stereocenters. The Balaban J connectivity index is 3.87. The molecule has 0 aromatic rings. The van der Waals surface area contributed by atoms with E-state index in [4.69, 9.17) is 15.9 Å². The number of ether oxygens (including phenoxy) is 2. The zero-order valence-corrected chi connectivity index (χ0v) is 22.0. The van der Waals surface area contributed by atoms with E-state index in [1.165, 1.54) is 81.9 Å². The molecule has 0 aromatic heterocycles. The molecule has 0 radical (unpaired) electrons. The number of terminal acetylenes is 1. The third-order valence-electron chi connectivity index (χ3n) is 5.94. The first-order valence-electron chi connectivity index (χ1n) is 13.4. The minimum Gasteiger partial charge on any atom is -0.464 e. The lowest BCUT2D eigenvalue weighted by Gasteiger charge is -2.27. The summed E-state index contributed by atoms with van der Waals surface area (Å²) in [7, 11) is 1.58. The Labute approximate surface area is 204 Å². The van der Waals surface area contributed by atoms with E-state index in [2.05, 4.69) is 12.8 Å². The first-order chi connectivity index (χ1) is 15.9. The van der Waals surface area contributed by atoms with Crippen molar-refractivity contribution in [3.8, 4) is 12.3 Å². The third-order valence-corrected chi connectivity index (χ3v) is 5.94. The van der Waals surface area contributed by atoms with Crippen molar-refractivity contribution >= 4 is 12.1 Å². The molecule has 1 amide bonds. The lowest BCUT2D eigenvalue weighted by Crippen LogP contribution is -2.44. The van der Waals surface area contributed by atoms with Crippen molar-refractivity contribution < 1.29 is 19.1 Å². The van der Waals surface area contributed by atoms with E-state index in [0.29, 0.717) is 19.4 Å². The minimum atomic E-state index is -0.630. The summed E-state index contributed by atoms with van der Waals surface area (Å²) in [5.41, 5.74) is 0. The van der Waals surface area contributed by atoms with Crippen molar-refractivity contribution in [3.63, 3.8) is 0 Å². The fourth-order valence-electron chi connectivity index (χ4n) is 3.85. The number of hydrogen-bond acceptors (Lipinski definition) is 4. The smallest absolute Gasteiger partial charge is 0.410 e. The maximum Gasteiger partial charge on any atom is 0.410 e. The Morgan fingerprint density at radius 2 is 1.27 bits per heavy atom. The Kier molecular flexibility index (Phi) is 21.0. The highest BCUT2D eigenvalue weighted by molar-refractivity contribution is 5.81. The molecular weight excluding hydrogens is 414 g/mol. The largest absolute Gasteiger partial charge is 0.464 e. The molecule has 5 nitrogen and oxygen atoms in total. The van der Waals surface area contributed by atoms with Gasteiger partial charge in [0.05, 0.1) is 6.61 Å². The van der Waals surface area contributed by atoms with Gasteiger partial charge in [-0.05, 0) is 18.8 Å². The van der Waals surface area contributed by atoms with E-state index < -0.39 is 12.1 Å². The van der Waals surface area contributed by atoms with Crippen LogP contribution in [0.3, 0.4) is 0 Å². The second kappa shape index (κ2) is 22.1. The summed E-state index contributed by atoms with van der Waals surface area (Å²) in [6.07, 6.45) is 23.6. The second-order valence-corrected chi connectivity index (χ2v) is 9.59. The van der Waals surface area contributed by atoms with E-state index in [0.717, 1.165) is 12.8 Å². The molecule has 0 saturated heterocycles. The van der Waals surface area contributed by atoms with Crippen LogP contribution in [0.2, 0.25) is 0 Å². The summed E-state index contributed by atoms with van der Waals surface area (Å²) < 4.78 is 10.6. The topological polar surface area (TPSA) is 55.8 Å². The zero-order chi connectivity index (χ0) is 24.7. The van der Waals surface area contributed by atoms with Crippen LogP contribution in [-0.2, 0) is 14.3 Å². The summed E-state index contributed by atoms with van der Waals surface area (Å²) in [6, 6.07) is -0.630. The van der Waals surface area contributed by atoms with E-state index in [1.807, 2.05) is 13.8 Å². The van der Waals surface area contributed by atoms with Crippen LogP contribution in [-0.4, -0.2) is 43.3 Å². The quantitative estimate of drug-likeness (QED) is 0.0999. The molecule has 1 atom stereocenters. The van der Waals surface area contributed by atoms with E-state index >= 15 is 0 Å². The average Bonchev–Trinajstić information content (AvgIpc) is 2.79. The van der Waals surface area contributed by atoms with Gasteiger partial charge in [0.1, 0.15) is 12.6 Å². The van der Waals surface area contributed by atoms with Crippen LogP contribution in [0.4, 0.5) is 4.79 Å². The van der Waals surface area contributed by atoms with Crippen LogP contribution in [0.5, 0.6) is 0 Å². The zero-order valence-electron chi connectivity index (χ0n) is 22.0. The molecule has 0 aliphatic heterocycles. The van der Waals surface area contributed by atoms with Gasteiger partial charge in [0.15, 0.2) is 0 Å². The van der Waals surface area contributed by atoms with Gasteiger partial charge >= 0.3 is 12.1 Å². The van der Waals surface area contributed by atoms with Crippen LogP contribution in [0.15, 0.2) is 0 Å². The molecule has 0 heterocycles. The molecule has 0 saturated carbocycles. The summed E-state index contributed by atoms with van der Waals surface area (Å²) in [5, 5.41) is 0. The van der Waals surface area contributed by atoms with Crippen LogP contribution < -0.4 is 0 Å². The normalized spacial score (nSPS) is 11.8. The molecule has 0 rings (SSSR count). The van der Waals surface area contributed by atoms with Crippen molar-refractivity contribution in [3.05, 3.63) is 0 Å². The molecule has 0 aliphatic carbocycles. The van der Waals surface area contributed by atoms with Crippen molar-refractivity contribution in [2.45, 2.75) is 130 Å². The maximum atomic E-state index is 12.6. The van der Waals surface area contributed by atoms with Crippen LogP contribution >= 0.6 is 0 Å². The summed E-state index contributed by atoms with van der Waals surface area (Å²) in [4.78, 5) is 26.1. The fraction of sp³-hybridized carbons (Fsp3) is 0.857. The SMILES string of the molecule is C#CCCOC(=O)N(C)[C@@H](CC(C)C)C(=O)OCCCCCCCCCCCCCCCC. The minimum absolute atomic E-state index is 0.155. The Hall–Kier alpha value is -1.70. The third kappa shape index (κ3) is 18.4. The number of amides is 1. The van der Waals surface area contributed by atoms with Crippen LogP contribution in [0.1, 0.15) is 124 Å². The second-order valence-electron chi connectivity index (χ2n) is 9.59. The number of rotatable bonds is 21. The highest BCUT2D eigenvalue weighted by atomic mass is 16.6. The predicted octanol–water partition coefficient (Wildman–Crippen LogP) is 7.52. The highest BCUT2D eigenvalue weighted by Gasteiger charge is 2.29. The van der Waals surface area contributed by atoms with Crippen molar-refractivity contribution in [1.29, 1.82) is 0 Å².